The average molecular weight is 380 g/mol. The number of carbonyl (C=O) groups excluding carboxylic acids is 1. The molecule has 3 heterocycles. The van der Waals surface area contributed by atoms with Gasteiger partial charge in [-0.25, -0.2) is 4.79 Å². The van der Waals surface area contributed by atoms with Crippen LogP contribution in [0.2, 0.25) is 0 Å². The molecule has 27 heavy (non-hydrogen) atoms. The summed E-state index contributed by atoms with van der Waals surface area (Å²) < 4.78 is 14.2. The van der Waals surface area contributed by atoms with Crippen LogP contribution in [0.4, 0.5) is 0 Å². The van der Waals surface area contributed by atoms with E-state index in [1.54, 1.807) is 5.06 Å². The molecule has 1 aromatic heterocycles. The lowest BCUT2D eigenvalue weighted by molar-refractivity contribution is -0.205. The van der Waals surface area contributed by atoms with Gasteiger partial charge in [0.15, 0.2) is 6.29 Å². The number of nitrogens with zero attached hydrogens (tertiary/aromatic N) is 3. The van der Waals surface area contributed by atoms with Gasteiger partial charge in [0.05, 0.1) is 28.9 Å². The summed E-state index contributed by atoms with van der Waals surface area (Å²) in [5.74, 6) is -0.192. The summed E-state index contributed by atoms with van der Waals surface area (Å²) in [6.45, 7) is 15.2. The molecule has 0 atom stereocenters. The Bertz CT molecular complexity index is 666. The minimum atomic E-state index is -0.490. The van der Waals surface area contributed by atoms with Gasteiger partial charge in [0, 0.05) is 24.8 Å². The number of hydroxylamine groups is 2. The molecule has 0 amide bonds. The summed E-state index contributed by atoms with van der Waals surface area (Å²) in [5, 5.41) is 6.30. The normalized spacial score (nSPS) is 24.3. The standard InChI is InChI=1S/C20H33N3O4/c1-18(2,3)17(24)27-22-10-8-15(9-11-22)23-13-14(12-21-23)16-25-19(4,5)20(6,7)26-16/h12-13,15-16H,8-11H2,1-7H3. The summed E-state index contributed by atoms with van der Waals surface area (Å²) in [5.41, 5.74) is -0.268. The second-order valence-corrected chi connectivity index (χ2v) is 9.63. The number of rotatable bonds is 3. The molecule has 0 aromatic carbocycles. The number of aromatic nitrogens is 2. The fraction of sp³-hybridized carbons (Fsp3) is 0.800. The van der Waals surface area contributed by atoms with Crippen LogP contribution in [-0.2, 0) is 19.1 Å². The second kappa shape index (κ2) is 6.87. The molecule has 2 fully saturated rings. The van der Waals surface area contributed by atoms with Crippen LogP contribution in [-0.4, -0.2) is 45.1 Å². The van der Waals surface area contributed by atoms with Crippen molar-refractivity contribution in [1.29, 1.82) is 0 Å². The quantitative estimate of drug-likeness (QED) is 0.799. The molecular formula is C20H33N3O4. The predicted octanol–water partition coefficient (Wildman–Crippen LogP) is 3.63. The van der Waals surface area contributed by atoms with E-state index in [4.69, 9.17) is 14.3 Å². The largest absolute Gasteiger partial charge is 0.367 e. The number of piperidine rings is 1. The van der Waals surface area contributed by atoms with E-state index < -0.39 is 11.7 Å². The Morgan fingerprint density at radius 2 is 1.70 bits per heavy atom. The molecular weight excluding hydrogens is 346 g/mol. The zero-order valence-corrected chi connectivity index (χ0v) is 17.6. The van der Waals surface area contributed by atoms with Gasteiger partial charge in [0.25, 0.3) is 0 Å². The molecule has 0 bridgehead atoms. The van der Waals surface area contributed by atoms with Gasteiger partial charge in [0.1, 0.15) is 0 Å². The highest BCUT2D eigenvalue weighted by atomic mass is 16.7. The molecule has 0 N–H and O–H groups in total. The maximum Gasteiger partial charge on any atom is 0.330 e. The first kappa shape index (κ1) is 20.3. The van der Waals surface area contributed by atoms with Crippen molar-refractivity contribution in [3.63, 3.8) is 0 Å². The van der Waals surface area contributed by atoms with E-state index in [1.807, 2.05) is 65.5 Å². The zero-order valence-electron chi connectivity index (χ0n) is 17.6. The Morgan fingerprint density at radius 1 is 1.15 bits per heavy atom. The summed E-state index contributed by atoms with van der Waals surface area (Å²) in [6.07, 6.45) is 5.21. The molecule has 2 aliphatic heterocycles. The van der Waals surface area contributed by atoms with Crippen molar-refractivity contribution in [2.45, 2.75) is 84.8 Å². The van der Waals surface area contributed by atoms with Gasteiger partial charge in [-0.1, -0.05) is 0 Å². The van der Waals surface area contributed by atoms with Crippen LogP contribution in [0.25, 0.3) is 0 Å². The van der Waals surface area contributed by atoms with E-state index in [0.717, 1.165) is 18.4 Å². The molecule has 1 aromatic rings. The number of carbonyl (C=O) groups is 1. The molecule has 0 saturated carbocycles. The van der Waals surface area contributed by atoms with E-state index in [-0.39, 0.29) is 23.2 Å². The first-order chi connectivity index (χ1) is 12.4. The van der Waals surface area contributed by atoms with Crippen LogP contribution in [0.1, 0.15) is 79.2 Å². The zero-order chi connectivity index (χ0) is 20.0. The van der Waals surface area contributed by atoms with E-state index in [2.05, 4.69) is 5.10 Å². The monoisotopic (exact) mass is 379 g/mol. The predicted molar refractivity (Wildman–Crippen MR) is 101 cm³/mol. The third-order valence-electron chi connectivity index (χ3n) is 5.77. The fourth-order valence-corrected chi connectivity index (χ4v) is 3.11. The molecule has 0 unspecified atom stereocenters. The summed E-state index contributed by atoms with van der Waals surface area (Å²) >= 11 is 0. The van der Waals surface area contributed by atoms with Crippen molar-refractivity contribution in [1.82, 2.24) is 14.8 Å². The van der Waals surface area contributed by atoms with Crippen LogP contribution >= 0.6 is 0 Å². The Labute approximate surface area is 161 Å². The smallest absolute Gasteiger partial charge is 0.330 e. The molecule has 7 heteroatoms. The molecule has 2 saturated heterocycles. The number of hydrogen-bond acceptors (Lipinski definition) is 6. The SMILES string of the molecule is CC(C)(C)C(=O)ON1CCC(n2cc(C3OC(C)(C)C(C)(C)O3)cn2)CC1. The van der Waals surface area contributed by atoms with Crippen molar-refractivity contribution in [3.05, 3.63) is 18.0 Å². The van der Waals surface area contributed by atoms with Crippen molar-refractivity contribution >= 4 is 5.97 Å². The highest BCUT2D eigenvalue weighted by molar-refractivity contribution is 5.75. The molecule has 0 spiro atoms. The third-order valence-corrected chi connectivity index (χ3v) is 5.77. The van der Waals surface area contributed by atoms with Crippen molar-refractivity contribution in [2.24, 2.45) is 5.41 Å². The van der Waals surface area contributed by atoms with E-state index >= 15 is 0 Å². The molecule has 2 aliphatic rings. The van der Waals surface area contributed by atoms with Crippen molar-refractivity contribution in [2.75, 3.05) is 13.1 Å². The molecule has 0 radical (unpaired) electrons. The Balaban J connectivity index is 1.57. The van der Waals surface area contributed by atoms with Crippen LogP contribution in [0, 0.1) is 5.41 Å². The maximum atomic E-state index is 12.0. The van der Waals surface area contributed by atoms with Gasteiger partial charge in [-0.2, -0.15) is 5.10 Å². The summed E-state index contributed by atoms with van der Waals surface area (Å²) in [7, 11) is 0. The van der Waals surface area contributed by atoms with Gasteiger partial charge >= 0.3 is 5.97 Å². The van der Waals surface area contributed by atoms with E-state index in [1.165, 1.54) is 0 Å². The van der Waals surface area contributed by atoms with Crippen LogP contribution in [0.15, 0.2) is 12.4 Å². The lowest BCUT2D eigenvalue weighted by Crippen LogP contribution is -2.41. The maximum absolute atomic E-state index is 12.0. The van der Waals surface area contributed by atoms with Gasteiger partial charge in [0.2, 0.25) is 0 Å². The first-order valence-corrected chi connectivity index (χ1v) is 9.76. The highest BCUT2D eigenvalue weighted by Gasteiger charge is 2.49. The first-order valence-electron chi connectivity index (χ1n) is 9.76. The molecule has 152 valence electrons. The van der Waals surface area contributed by atoms with Crippen molar-refractivity contribution < 1.29 is 19.1 Å². The summed E-state index contributed by atoms with van der Waals surface area (Å²) in [4.78, 5) is 17.5. The minimum absolute atomic E-state index is 0.192. The Morgan fingerprint density at radius 3 is 2.22 bits per heavy atom. The van der Waals surface area contributed by atoms with Gasteiger partial charge in [-0.15, -0.1) is 5.06 Å². The number of hydrogen-bond donors (Lipinski definition) is 0. The van der Waals surface area contributed by atoms with E-state index in [9.17, 15) is 4.79 Å². The second-order valence-electron chi connectivity index (χ2n) is 9.63. The fourth-order valence-electron chi connectivity index (χ4n) is 3.11. The molecule has 7 nitrogen and oxygen atoms in total. The average Bonchev–Trinajstić information content (AvgIpc) is 3.10. The van der Waals surface area contributed by atoms with Crippen LogP contribution in [0.5, 0.6) is 0 Å². The lowest BCUT2D eigenvalue weighted by atomic mass is 9.90. The third kappa shape index (κ3) is 4.20. The lowest BCUT2D eigenvalue weighted by Gasteiger charge is -2.32. The van der Waals surface area contributed by atoms with Crippen LogP contribution in [0.3, 0.4) is 0 Å². The number of ether oxygens (including phenoxy) is 2. The summed E-state index contributed by atoms with van der Waals surface area (Å²) in [6, 6.07) is 0.283. The molecule has 3 rings (SSSR count). The van der Waals surface area contributed by atoms with E-state index in [0.29, 0.717) is 13.1 Å². The Hall–Kier alpha value is -1.44. The van der Waals surface area contributed by atoms with Crippen LogP contribution < -0.4 is 0 Å². The van der Waals surface area contributed by atoms with Gasteiger partial charge < -0.3 is 14.3 Å². The minimum Gasteiger partial charge on any atom is -0.367 e. The van der Waals surface area contributed by atoms with Crippen molar-refractivity contribution in [3.8, 4) is 0 Å². The van der Waals surface area contributed by atoms with Gasteiger partial charge in [-0.3, -0.25) is 4.68 Å². The Kier molecular flexibility index (Phi) is 5.16. The van der Waals surface area contributed by atoms with Gasteiger partial charge in [-0.05, 0) is 61.3 Å². The topological polar surface area (TPSA) is 65.8 Å². The highest BCUT2D eigenvalue weighted by Crippen LogP contribution is 2.44. The molecule has 0 aliphatic carbocycles.